The van der Waals surface area contributed by atoms with Crippen molar-refractivity contribution < 1.29 is 18.6 Å². The maximum absolute atomic E-state index is 11.7. The first-order valence-electron chi connectivity index (χ1n) is 5.22. The molecule has 1 unspecified atom stereocenters. The molecule has 0 saturated heterocycles. The second-order valence-corrected chi connectivity index (χ2v) is 3.99. The Kier molecular flexibility index (Phi) is 6.32. The molecule has 0 radical (unpaired) electrons. The Morgan fingerprint density at radius 2 is 2.24 bits per heavy atom. The predicted molar refractivity (Wildman–Crippen MR) is 60.4 cm³/mol. The van der Waals surface area contributed by atoms with Crippen molar-refractivity contribution in [1.29, 1.82) is 0 Å². The Balaban J connectivity index is 2.25. The van der Waals surface area contributed by atoms with Gasteiger partial charge in [-0.2, -0.15) is 0 Å². The zero-order valence-corrected chi connectivity index (χ0v) is 9.91. The number of nitrogens with zero attached hydrogens (tertiary/aromatic N) is 1. The molecule has 0 amide bonds. The molecule has 0 bridgehead atoms. The summed E-state index contributed by atoms with van der Waals surface area (Å²) in [5.74, 6) is 0. The van der Waals surface area contributed by atoms with Gasteiger partial charge in [-0.3, -0.25) is 4.98 Å². The predicted octanol–water partition coefficient (Wildman–Crippen LogP) is 2.31. The minimum atomic E-state index is -2.47. The third-order valence-electron chi connectivity index (χ3n) is 2.15. The summed E-state index contributed by atoms with van der Waals surface area (Å²) in [7, 11) is 0. The molecule has 6 heteroatoms. The zero-order valence-electron chi connectivity index (χ0n) is 9.15. The number of alkyl halides is 2. The van der Waals surface area contributed by atoms with Crippen LogP contribution in [0.4, 0.5) is 8.78 Å². The standard InChI is InChI=1S/C11H14ClF2NO2/c12-10-6-15-3-1-8(10)5-9(16)2-4-17-7-11(13)14/h1,3,6,9,11,16H,2,4-5,7H2. The molecule has 0 aliphatic carbocycles. The first kappa shape index (κ1) is 14.3. The number of ether oxygens (including phenoxy) is 1. The average molecular weight is 266 g/mol. The molecule has 1 N–H and O–H groups in total. The number of hydrogen-bond acceptors (Lipinski definition) is 3. The van der Waals surface area contributed by atoms with Crippen LogP contribution in [0.3, 0.4) is 0 Å². The SMILES string of the molecule is OC(CCOCC(F)F)Cc1ccncc1Cl. The van der Waals surface area contributed by atoms with Gasteiger partial charge in [-0.05, 0) is 18.1 Å². The maximum Gasteiger partial charge on any atom is 0.261 e. The van der Waals surface area contributed by atoms with Crippen molar-refractivity contribution in [1.82, 2.24) is 4.98 Å². The fourth-order valence-corrected chi connectivity index (χ4v) is 1.51. The monoisotopic (exact) mass is 265 g/mol. The summed E-state index contributed by atoms with van der Waals surface area (Å²) in [5.41, 5.74) is 0.781. The maximum atomic E-state index is 11.7. The van der Waals surface area contributed by atoms with E-state index in [1.165, 1.54) is 6.20 Å². The van der Waals surface area contributed by atoms with Crippen molar-refractivity contribution in [2.24, 2.45) is 0 Å². The molecule has 1 aromatic heterocycles. The number of aliphatic hydroxyl groups is 1. The van der Waals surface area contributed by atoms with Gasteiger partial charge in [-0.25, -0.2) is 8.78 Å². The smallest absolute Gasteiger partial charge is 0.261 e. The van der Waals surface area contributed by atoms with E-state index in [0.717, 1.165) is 5.56 Å². The third-order valence-corrected chi connectivity index (χ3v) is 2.49. The molecule has 17 heavy (non-hydrogen) atoms. The van der Waals surface area contributed by atoms with Crippen LogP contribution in [0, 0.1) is 0 Å². The third kappa shape index (κ3) is 5.91. The van der Waals surface area contributed by atoms with Gasteiger partial charge in [0.15, 0.2) is 0 Å². The molecule has 0 spiro atoms. The Hall–Kier alpha value is -0.780. The van der Waals surface area contributed by atoms with E-state index >= 15 is 0 Å². The highest BCUT2D eigenvalue weighted by molar-refractivity contribution is 6.31. The lowest BCUT2D eigenvalue weighted by Gasteiger charge is -2.11. The van der Waals surface area contributed by atoms with Crippen LogP contribution in [0.5, 0.6) is 0 Å². The summed E-state index contributed by atoms with van der Waals surface area (Å²) >= 11 is 5.87. The highest BCUT2D eigenvalue weighted by Gasteiger charge is 2.09. The lowest BCUT2D eigenvalue weighted by atomic mass is 10.1. The molecule has 0 aromatic carbocycles. The Morgan fingerprint density at radius 1 is 1.47 bits per heavy atom. The minimum Gasteiger partial charge on any atom is -0.393 e. The fraction of sp³-hybridized carbons (Fsp3) is 0.545. The summed E-state index contributed by atoms with van der Waals surface area (Å²) in [5, 5.41) is 10.1. The Bertz CT molecular complexity index is 339. The largest absolute Gasteiger partial charge is 0.393 e. The van der Waals surface area contributed by atoms with E-state index in [1.807, 2.05) is 0 Å². The van der Waals surface area contributed by atoms with E-state index in [4.69, 9.17) is 11.6 Å². The van der Waals surface area contributed by atoms with Gasteiger partial charge < -0.3 is 9.84 Å². The molecule has 0 aliphatic heterocycles. The summed E-state index contributed by atoms with van der Waals surface area (Å²) < 4.78 is 28.2. The van der Waals surface area contributed by atoms with E-state index < -0.39 is 19.1 Å². The van der Waals surface area contributed by atoms with Crippen molar-refractivity contribution >= 4 is 11.6 Å². The number of aromatic nitrogens is 1. The zero-order chi connectivity index (χ0) is 12.7. The first-order chi connectivity index (χ1) is 8.09. The van der Waals surface area contributed by atoms with Crippen LogP contribution in [-0.4, -0.2) is 35.8 Å². The molecule has 1 aromatic rings. The van der Waals surface area contributed by atoms with Crippen molar-refractivity contribution in [3.8, 4) is 0 Å². The number of pyridine rings is 1. The van der Waals surface area contributed by atoms with Crippen LogP contribution in [0.15, 0.2) is 18.5 Å². The highest BCUT2D eigenvalue weighted by Crippen LogP contribution is 2.16. The molecule has 0 aliphatic rings. The average Bonchev–Trinajstić information content (AvgIpc) is 2.27. The summed E-state index contributed by atoms with van der Waals surface area (Å²) in [6, 6.07) is 1.71. The van der Waals surface area contributed by atoms with Crippen molar-refractivity contribution in [2.75, 3.05) is 13.2 Å². The lowest BCUT2D eigenvalue weighted by Crippen LogP contribution is -2.15. The molecule has 0 fully saturated rings. The van der Waals surface area contributed by atoms with E-state index in [-0.39, 0.29) is 6.61 Å². The lowest BCUT2D eigenvalue weighted by molar-refractivity contribution is 0.00512. The Morgan fingerprint density at radius 3 is 2.88 bits per heavy atom. The quantitative estimate of drug-likeness (QED) is 0.770. The van der Waals surface area contributed by atoms with Gasteiger partial charge in [0.05, 0.1) is 11.1 Å². The normalized spacial score (nSPS) is 13.0. The van der Waals surface area contributed by atoms with Crippen LogP contribution < -0.4 is 0 Å². The number of rotatable bonds is 7. The van der Waals surface area contributed by atoms with Crippen LogP contribution in [0.2, 0.25) is 5.02 Å². The molecule has 0 saturated carbocycles. The van der Waals surface area contributed by atoms with Crippen molar-refractivity contribution in [3.63, 3.8) is 0 Å². The molecule has 1 atom stereocenters. The van der Waals surface area contributed by atoms with Crippen LogP contribution in [-0.2, 0) is 11.2 Å². The molecule has 1 rings (SSSR count). The number of aliphatic hydroxyl groups excluding tert-OH is 1. The van der Waals surface area contributed by atoms with E-state index in [0.29, 0.717) is 17.9 Å². The van der Waals surface area contributed by atoms with E-state index in [1.54, 1.807) is 12.3 Å². The van der Waals surface area contributed by atoms with Gasteiger partial charge in [0.1, 0.15) is 6.61 Å². The van der Waals surface area contributed by atoms with Gasteiger partial charge in [0, 0.05) is 25.4 Å². The molecule has 1 heterocycles. The van der Waals surface area contributed by atoms with Crippen LogP contribution in [0.1, 0.15) is 12.0 Å². The van der Waals surface area contributed by atoms with Gasteiger partial charge in [-0.1, -0.05) is 11.6 Å². The summed E-state index contributed by atoms with van der Waals surface area (Å²) in [6.07, 6.45) is 0.609. The summed E-state index contributed by atoms with van der Waals surface area (Å²) in [4.78, 5) is 3.83. The second kappa shape index (κ2) is 7.53. The van der Waals surface area contributed by atoms with Gasteiger partial charge in [0.2, 0.25) is 0 Å². The van der Waals surface area contributed by atoms with Crippen molar-refractivity contribution in [3.05, 3.63) is 29.0 Å². The van der Waals surface area contributed by atoms with Gasteiger partial charge in [-0.15, -0.1) is 0 Å². The molecule has 96 valence electrons. The number of hydrogen-bond donors (Lipinski definition) is 1. The number of halogens is 3. The van der Waals surface area contributed by atoms with Crippen molar-refractivity contribution in [2.45, 2.75) is 25.4 Å². The van der Waals surface area contributed by atoms with Gasteiger partial charge >= 0.3 is 0 Å². The molecular weight excluding hydrogens is 252 g/mol. The fourth-order valence-electron chi connectivity index (χ4n) is 1.32. The topological polar surface area (TPSA) is 42.4 Å². The highest BCUT2D eigenvalue weighted by atomic mass is 35.5. The summed E-state index contributed by atoms with van der Waals surface area (Å²) in [6.45, 7) is -0.489. The second-order valence-electron chi connectivity index (χ2n) is 3.58. The molecular formula is C11H14ClF2NO2. The van der Waals surface area contributed by atoms with E-state index in [9.17, 15) is 13.9 Å². The van der Waals surface area contributed by atoms with Gasteiger partial charge in [0.25, 0.3) is 6.43 Å². The van der Waals surface area contributed by atoms with E-state index in [2.05, 4.69) is 9.72 Å². The minimum absolute atomic E-state index is 0.105. The first-order valence-corrected chi connectivity index (χ1v) is 5.59. The van der Waals surface area contributed by atoms with Crippen LogP contribution in [0.25, 0.3) is 0 Å². The molecule has 3 nitrogen and oxygen atoms in total. The van der Waals surface area contributed by atoms with Crippen LogP contribution >= 0.6 is 11.6 Å². The Labute approximate surface area is 103 Å².